The van der Waals surface area contributed by atoms with Crippen LogP contribution < -0.4 is 46.4 Å². The van der Waals surface area contributed by atoms with E-state index in [1.807, 2.05) is 0 Å². The van der Waals surface area contributed by atoms with Crippen molar-refractivity contribution in [2.45, 2.75) is 13.1 Å². The zero-order valence-corrected chi connectivity index (χ0v) is 43.4. The SMILES string of the molecule is [O-][Cl+3]([O-])([O-])[O-].[O-][Cl+3]([O-])([O-])[O-].c1ccc(-c2cc(-c3ccccc3)c(-c3cc[n+](Cc4ccc(C[n+]5ccc(-c6c(-c7ccccc7)cc(-c7ccccc7)cc6-c6ccccc6)cc5)cc4)cc3)c(-c3ccccc3)c2)cc1. The highest BCUT2D eigenvalue weighted by atomic mass is 35.7. The summed E-state index contributed by atoms with van der Waals surface area (Å²) in [5.41, 5.74) is 21.9. The molecule has 0 aliphatic heterocycles. The molecule has 78 heavy (non-hydrogen) atoms. The van der Waals surface area contributed by atoms with Crippen LogP contribution in [-0.4, -0.2) is 0 Å². The van der Waals surface area contributed by atoms with Crippen molar-refractivity contribution < 1.29 is 66.9 Å². The summed E-state index contributed by atoms with van der Waals surface area (Å²) in [6, 6.07) is 92.1. The predicted molar refractivity (Wildman–Crippen MR) is 281 cm³/mol. The van der Waals surface area contributed by atoms with Gasteiger partial charge in [-0.3, -0.25) is 0 Å². The van der Waals surface area contributed by atoms with Crippen LogP contribution in [0.2, 0.25) is 0 Å². The molecule has 0 aliphatic rings. The van der Waals surface area contributed by atoms with Crippen molar-refractivity contribution in [3.63, 3.8) is 0 Å². The maximum atomic E-state index is 8.49. The maximum Gasteiger partial charge on any atom is 0.173 e. The summed E-state index contributed by atoms with van der Waals surface area (Å²) in [4.78, 5) is 0. The molecule has 0 unspecified atom stereocenters. The average molecular weight is 1070 g/mol. The Kier molecular flexibility index (Phi) is 17.5. The van der Waals surface area contributed by atoms with Crippen molar-refractivity contribution in [3.8, 4) is 89.0 Å². The second-order valence-electron chi connectivity index (χ2n) is 18.2. The van der Waals surface area contributed by atoms with Crippen LogP contribution in [0.4, 0.5) is 0 Å². The first-order valence-corrected chi connectivity index (χ1v) is 27.2. The van der Waals surface area contributed by atoms with Crippen LogP contribution >= 0.6 is 0 Å². The second kappa shape index (κ2) is 25.1. The summed E-state index contributed by atoms with van der Waals surface area (Å²) in [6.07, 6.45) is 8.88. The van der Waals surface area contributed by atoms with Crippen LogP contribution in [0.1, 0.15) is 11.1 Å². The van der Waals surface area contributed by atoms with Gasteiger partial charge in [0.2, 0.25) is 0 Å². The van der Waals surface area contributed by atoms with Crippen LogP contribution in [0.3, 0.4) is 0 Å². The van der Waals surface area contributed by atoms with E-state index in [1.165, 1.54) is 100 Å². The molecule has 2 aromatic heterocycles. The number of pyridine rings is 2. The summed E-state index contributed by atoms with van der Waals surface area (Å²) >= 11 is 0. The Hall–Kier alpha value is -8.46. The van der Waals surface area contributed by atoms with Gasteiger partial charge in [0.05, 0.1) is 0 Å². The molecule has 386 valence electrons. The Labute approximate surface area is 457 Å². The fourth-order valence-electron chi connectivity index (χ4n) is 9.51. The van der Waals surface area contributed by atoms with Crippen molar-refractivity contribution in [2.75, 3.05) is 0 Å². The third kappa shape index (κ3) is 14.9. The molecule has 0 N–H and O–H groups in total. The number of hydrogen-bond acceptors (Lipinski definition) is 8. The maximum absolute atomic E-state index is 8.49. The zero-order valence-electron chi connectivity index (χ0n) is 41.9. The lowest BCUT2D eigenvalue weighted by Crippen LogP contribution is -2.68. The molecule has 0 radical (unpaired) electrons. The van der Waals surface area contributed by atoms with Crippen LogP contribution in [0.25, 0.3) is 89.0 Å². The van der Waals surface area contributed by atoms with Gasteiger partial charge in [-0.25, -0.2) is 46.4 Å². The third-order valence-corrected chi connectivity index (χ3v) is 12.9. The minimum Gasteiger partial charge on any atom is -0.222 e. The quantitative estimate of drug-likeness (QED) is 0.130. The molecule has 0 aliphatic carbocycles. The van der Waals surface area contributed by atoms with Gasteiger partial charge in [-0.1, -0.05) is 206 Å². The summed E-state index contributed by atoms with van der Waals surface area (Å²) in [7, 11) is -9.89. The molecule has 10 nitrogen and oxygen atoms in total. The van der Waals surface area contributed by atoms with Gasteiger partial charge in [-0.2, -0.15) is 0 Å². The number of halogens is 2. The number of benzene rings is 9. The molecule has 9 aromatic carbocycles. The van der Waals surface area contributed by atoms with Gasteiger partial charge in [0.15, 0.2) is 37.9 Å². The van der Waals surface area contributed by atoms with Gasteiger partial charge in [0.25, 0.3) is 0 Å². The summed E-state index contributed by atoms with van der Waals surface area (Å²) in [5, 5.41) is 0. The summed E-state index contributed by atoms with van der Waals surface area (Å²) in [6.45, 7) is 1.56. The summed E-state index contributed by atoms with van der Waals surface area (Å²) in [5.74, 6) is 0. The molecule has 0 bridgehead atoms. The van der Waals surface area contributed by atoms with E-state index in [0.29, 0.717) is 0 Å². The predicted octanol–water partition coefficient (Wildman–Crippen LogP) is 6.18. The van der Waals surface area contributed by atoms with Crippen molar-refractivity contribution in [1.82, 2.24) is 0 Å². The first-order chi connectivity index (χ1) is 37.7. The zero-order chi connectivity index (χ0) is 54.5. The van der Waals surface area contributed by atoms with E-state index in [2.05, 4.69) is 289 Å². The smallest absolute Gasteiger partial charge is 0.173 e. The minimum atomic E-state index is -4.94. The van der Waals surface area contributed by atoms with E-state index < -0.39 is 20.5 Å². The molecule has 0 fully saturated rings. The minimum absolute atomic E-state index is 0.781. The summed E-state index contributed by atoms with van der Waals surface area (Å²) < 4.78 is 72.5. The standard InChI is InChI=1S/C66H50N2.2ClHO4/c1-7-19-51(20-8-1)59-43-61(53-23-11-3-12-24-53)65(62(44-59)54-25-13-4-14-26-54)57-35-39-67(40-36-57)47-49-31-33-50(34-32-49)48-68-41-37-58(38-42-68)66-63(55-27-15-5-16-28-55)45-60(52-21-9-2-10-22-52)46-64(66)56-29-17-6-18-30-56;2*2-1(3,4)5/h1-46H,47-48H2;2*(H,2,3,4,5)/q+2;;/p-2. The Morgan fingerprint density at radius 3 is 0.654 bits per heavy atom. The van der Waals surface area contributed by atoms with Crippen molar-refractivity contribution in [2.24, 2.45) is 0 Å². The van der Waals surface area contributed by atoms with Gasteiger partial charge in [-0.05, 0) is 113 Å². The van der Waals surface area contributed by atoms with Gasteiger partial charge >= 0.3 is 0 Å². The Balaban J connectivity index is 0.000000680. The second-order valence-corrected chi connectivity index (χ2v) is 19.7. The number of nitrogens with zero attached hydrogens (tertiary/aromatic N) is 2. The fraction of sp³-hybridized carbons (Fsp3) is 0.0303. The lowest BCUT2D eigenvalue weighted by Gasteiger charge is -2.19. The topological polar surface area (TPSA) is 192 Å². The Morgan fingerprint density at radius 2 is 0.436 bits per heavy atom. The highest BCUT2D eigenvalue weighted by Gasteiger charge is 2.20. The highest BCUT2D eigenvalue weighted by molar-refractivity contribution is 5.99. The molecule has 11 rings (SSSR count). The molecule has 0 amide bonds. The number of aromatic nitrogens is 2. The molecule has 11 aromatic rings. The molecule has 0 spiro atoms. The Morgan fingerprint density at radius 1 is 0.231 bits per heavy atom. The largest absolute Gasteiger partial charge is 0.222 e. The van der Waals surface area contributed by atoms with Gasteiger partial charge < -0.3 is 0 Å². The van der Waals surface area contributed by atoms with Crippen molar-refractivity contribution in [3.05, 3.63) is 291 Å². The monoisotopic (exact) mass is 1070 g/mol. The molecular weight excluding hydrogens is 1020 g/mol. The van der Waals surface area contributed by atoms with Gasteiger partial charge in [-0.15, -0.1) is 20.5 Å². The van der Waals surface area contributed by atoms with Crippen molar-refractivity contribution >= 4 is 0 Å². The highest BCUT2D eigenvalue weighted by Crippen LogP contribution is 2.45. The Bertz CT molecular complexity index is 3280. The molecule has 2 heterocycles. The van der Waals surface area contributed by atoms with E-state index in [0.717, 1.165) is 13.1 Å². The van der Waals surface area contributed by atoms with Crippen LogP contribution in [0.15, 0.2) is 280 Å². The van der Waals surface area contributed by atoms with E-state index in [-0.39, 0.29) is 0 Å². The number of rotatable bonds is 12. The lowest BCUT2D eigenvalue weighted by molar-refractivity contribution is -2.00. The molecule has 12 heteroatoms. The lowest BCUT2D eigenvalue weighted by atomic mass is 9.85. The van der Waals surface area contributed by atoms with Gasteiger partial charge in [0, 0.05) is 35.4 Å². The van der Waals surface area contributed by atoms with E-state index in [9.17, 15) is 0 Å². The van der Waals surface area contributed by atoms with Gasteiger partial charge in [0.1, 0.15) is 0 Å². The average Bonchev–Trinajstić information content (AvgIpc) is 3.47. The molecule has 0 saturated carbocycles. The first kappa shape index (κ1) is 54.3. The normalized spacial score (nSPS) is 11.2. The van der Waals surface area contributed by atoms with Crippen LogP contribution in [-0.2, 0) is 13.1 Å². The fourth-order valence-corrected chi connectivity index (χ4v) is 9.51. The third-order valence-electron chi connectivity index (χ3n) is 12.9. The van der Waals surface area contributed by atoms with Crippen LogP contribution in [0, 0.1) is 20.5 Å². The van der Waals surface area contributed by atoms with Crippen LogP contribution in [0.5, 0.6) is 0 Å². The molecular formula is C66H50Cl2N2O8. The number of hydrogen-bond donors (Lipinski definition) is 0. The first-order valence-electron chi connectivity index (χ1n) is 24.7. The van der Waals surface area contributed by atoms with E-state index >= 15 is 0 Å². The van der Waals surface area contributed by atoms with E-state index in [4.69, 9.17) is 37.3 Å². The molecule has 0 saturated heterocycles. The molecule has 0 atom stereocenters. The van der Waals surface area contributed by atoms with Crippen molar-refractivity contribution in [1.29, 1.82) is 0 Å². The van der Waals surface area contributed by atoms with E-state index in [1.54, 1.807) is 0 Å².